The van der Waals surface area contributed by atoms with Crippen molar-refractivity contribution in [1.82, 2.24) is 15.2 Å². The van der Waals surface area contributed by atoms with E-state index in [0.29, 0.717) is 43.5 Å². The van der Waals surface area contributed by atoms with E-state index in [2.05, 4.69) is 10.3 Å². The molecule has 1 atom stereocenters. The average Bonchev–Trinajstić information content (AvgIpc) is 3.12. The van der Waals surface area contributed by atoms with Crippen molar-refractivity contribution in [3.63, 3.8) is 0 Å². The summed E-state index contributed by atoms with van der Waals surface area (Å²) in [5.41, 5.74) is 1.57. The van der Waals surface area contributed by atoms with Crippen molar-refractivity contribution in [3.8, 4) is 5.88 Å². The number of amides is 2. The first-order valence-electron chi connectivity index (χ1n) is 10.5. The fraction of sp³-hybridized carbons (Fsp3) is 0.435. The first kappa shape index (κ1) is 20.3. The lowest BCUT2D eigenvalue weighted by Crippen LogP contribution is -2.37. The van der Waals surface area contributed by atoms with E-state index in [1.807, 2.05) is 30.3 Å². The monoisotopic (exact) mass is 409 g/mol. The lowest BCUT2D eigenvalue weighted by atomic mass is 10.0. The standard InChI is InChI=1S/C23H27N3O4/c27-22-13-20(15-26(22)14-17-4-2-1-3-5-17)25-23(28)19-6-9-24-21(12-19)30-16-18-7-10-29-11-8-18/h1-6,9,12,18,20H,7-8,10-11,13-16H2,(H,25,28)/t20-/m0/s1. The van der Waals surface area contributed by atoms with Crippen LogP contribution in [0.4, 0.5) is 0 Å². The van der Waals surface area contributed by atoms with E-state index < -0.39 is 0 Å². The van der Waals surface area contributed by atoms with E-state index in [0.717, 1.165) is 31.6 Å². The lowest BCUT2D eigenvalue weighted by molar-refractivity contribution is -0.128. The van der Waals surface area contributed by atoms with Gasteiger partial charge in [0.1, 0.15) is 0 Å². The summed E-state index contributed by atoms with van der Waals surface area (Å²) in [5.74, 6) is 0.743. The maximum atomic E-state index is 12.7. The summed E-state index contributed by atoms with van der Waals surface area (Å²) in [6.07, 6.45) is 3.86. The predicted molar refractivity (Wildman–Crippen MR) is 111 cm³/mol. The third kappa shape index (κ3) is 5.36. The van der Waals surface area contributed by atoms with Crippen molar-refractivity contribution >= 4 is 11.8 Å². The Bertz CT molecular complexity index is 868. The van der Waals surface area contributed by atoms with Gasteiger partial charge in [-0.15, -0.1) is 0 Å². The number of nitrogens with zero attached hydrogens (tertiary/aromatic N) is 2. The maximum Gasteiger partial charge on any atom is 0.251 e. The van der Waals surface area contributed by atoms with E-state index in [-0.39, 0.29) is 17.9 Å². The van der Waals surface area contributed by atoms with E-state index in [4.69, 9.17) is 9.47 Å². The second-order valence-electron chi connectivity index (χ2n) is 7.88. The summed E-state index contributed by atoms with van der Waals surface area (Å²) in [6, 6.07) is 13.0. The topological polar surface area (TPSA) is 80.8 Å². The Balaban J connectivity index is 1.30. The second kappa shape index (κ2) is 9.71. The summed E-state index contributed by atoms with van der Waals surface area (Å²) in [7, 11) is 0. The molecule has 0 spiro atoms. The minimum Gasteiger partial charge on any atom is -0.477 e. The van der Waals surface area contributed by atoms with Crippen LogP contribution in [0.25, 0.3) is 0 Å². The zero-order valence-corrected chi connectivity index (χ0v) is 17.0. The number of hydrogen-bond acceptors (Lipinski definition) is 5. The van der Waals surface area contributed by atoms with Gasteiger partial charge in [0.2, 0.25) is 11.8 Å². The molecule has 4 rings (SSSR count). The van der Waals surface area contributed by atoms with Gasteiger partial charge in [0.25, 0.3) is 5.91 Å². The molecule has 1 aromatic heterocycles. The van der Waals surface area contributed by atoms with Crippen molar-refractivity contribution in [2.24, 2.45) is 5.92 Å². The molecular formula is C23H27N3O4. The number of pyridine rings is 1. The molecule has 2 amide bonds. The molecule has 2 aliphatic rings. The summed E-state index contributed by atoms with van der Waals surface area (Å²) in [5, 5.41) is 2.97. The van der Waals surface area contributed by atoms with Crippen LogP contribution in [-0.2, 0) is 16.1 Å². The number of ether oxygens (including phenoxy) is 2. The maximum absolute atomic E-state index is 12.7. The molecule has 7 nitrogen and oxygen atoms in total. The minimum absolute atomic E-state index is 0.0550. The van der Waals surface area contributed by atoms with Crippen molar-refractivity contribution in [2.45, 2.75) is 31.8 Å². The summed E-state index contributed by atoms with van der Waals surface area (Å²) < 4.78 is 11.2. The van der Waals surface area contributed by atoms with Crippen LogP contribution in [-0.4, -0.2) is 54.1 Å². The molecule has 0 unspecified atom stereocenters. The number of likely N-dealkylation sites (tertiary alicyclic amines) is 1. The third-order valence-corrected chi connectivity index (χ3v) is 5.57. The molecule has 158 valence electrons. The largest absolute Gasteiger partial charge is 0.477 e. The van der Waals surface area contributed by atoms with Crippen molar-refractivity contribution in [1.29, 1.82) is 0 Å². The van der Waals surface area contributed by atoms with Crippen LogP contribution in [0.15, 0.2) is 48.7 Å². The van der Waals surface area contributed by atoms with Crippen molar-refractivity contribution in [2.75, 3.05) is 26.4 Å². The normalized spacial score (nSPS) is 19.7. The molecule has 2 saturated heterocycles. The highest BCUT2D eigenvalue weighted by Crippen LogP contribution is 2.18. The molecule has 1 N–H and O–H groups in total. The number of aromatic nitrogens is 1. The molecule has 0 saturated carbocycles. The van der Waals surface area contributed by atoms with Gasteiger partial charge < -0.3 is 19.7 Å². The van der Waals surface area contributed by atoms with Gasteiger partial charge in [-0.3, -0.25) is 9.59 Å². The highest BCUT2D eigenvalue weighted by molar-refractivity contribution is 5.95. The molecule has 7 heteroatoms. The van der Waals surface area contributed by atoms with Gasteiger partial charge in [-0.1, -0.05) is 30.3 Å². The first-order valence-corrected chi connectivity index (χ1v) is 10.5. The highest BCUT2D eigenvalue weighted by Gasteiger charge is 2.30. The van der Waals surface area contributed by atoms with Gasteiger partial charge in [0, 0.05) is 50.6 Å². The van der Waals surface area contributed by atoms with Crippen LogP contribution in [0.5, 0.6) is 5.88 Å². The van der Waals surface area contributed by atoms with Gasteiger partial charge in [0.15, 0.2) is 0 Å². The van der Waals surface area contributed by atoms with Crippen molar-refractivity contribution < 1.29 is 19.1 Å². The number of hydrogen-bond donors (Lipinski definition) is 1. The molecule has 0 bridgehead atoms. The van der Waals surface area contributed by atoms with E-state index in [1.54, 1.807) is 23.2 Å². The fourth-order valence-corrected chi connectivity index (χ4v) is 3.84. The Morgan fingerprint density at radius 2 is 2.00 bits per heavy atom. The van der Waals surface area contributed by atoms with Gasteiger partial charge in [0.05, 0.1) is 12.6 Å². The molecular weight excluding hydrogens is 382 g/mol. The number of carbonyl (C=O) groups is 2. The molecule has 0 aliphatic carbocycles. The quantitative estimate of drug-likeness (QED) is 0.760. The highest BCUT2D eigenvalue weighted by atomic mass is 16.5. The zero-order chi connectivity index (χ0) is 20.8. The van der Waals surface area contributed by atoms with E-state index >= 15 is 0 Å². The number of rotatable bonds is 7. The Morgan fingerprint density at radius 1 is 1.20 bits per heavy atom. The molecule has 2 aliphatic heterocycles. The molecule has 2 aromatic rings. The predicted octanol–water partition coefficient (Wildman–Crippen LogP) is 2.42. The summed E-state index contributed by atoms with van der Waals surface area (Å²) in [6.45, 7) is 3.19. The van der Waals surface area contributed by atoms with Crippen LogP contribution in [0.3, 0.4) is 0 Å². The SMILES string of the molecule is O=C(N[C@H]1CC(=O)N(Cc2ccccc2)C1)c1ccnc(OCC2CCOCC2)c1. The summed E-state index contributed by atoms with van der Waals surface area (Å²) in [4.78, 5) is 31.0. The fourth-order valence-electron chi connectivity index (χ4n) is 3.84. The van der Waals surface area contributed by atoms with Gasteiger partial charge in [-0.25, -0.2) is 4.98 Å². The van der Waals surface area contributed by atoms with Crippen LogP contribution in [0.1, 0.15) is 35.2 Å². The van der Waals surface area contributed by atoms with Crippen LogP contribution < -0.4 is 10.1 Å². The average molecular weight is 409 g/mol. The third-order valence-electron chi connectivity index (χ3n) is 5.57. The second-order valence-corrected chi connectivity index (χ2v) is 7.88. The molecule has 30 heavy (non-hydrogen) atoms. The number of nitrogens with one attached hydrogen (secondary N) is 1. The first-order chi connectivity index (χ1) is 14.7. The Hall–Kier alpha value is -2.93. The molecule has 0 radical (unpaired) electrons. The summed E-state index contributed by atoms with van der Waals surface area (Å²) >= 11 is 0. The van der Waals surface area contributed by atoms with Crippen molar-refractivity contribution in [3.05, 3.63) is 59.8 Å². The zero-order valence-electron chi connectivity index (χ0n) is 17.0. The molecule has 2 fully saturated rings. The number of carbonyl (C=O) groups excluding carboxylic acids is 2. The van der Waals surface area contributed by atoms with Gasteiger partial charge in [-0.05, 0) is 30.4 Å². The van der Waals surface area contributed by atoms with Crippen LogP contribution in [0.2, 0.25) is 0 Å². The molecule has 1 aromatic carbocycles. The van der Waals surface area contributed by atoms with Gasteiger partial charge in [-0.2, -0.15) is 0 Å². The lowest BCUT2D eigenvalue weighted by Gasteiger charge is -2.21. The van der Waals surface area contributed by atoms with Crippen LogP contribution >= 0.6 is 0 Å². The van der Waals surface area contributed by atoms with E-state index in [9.17, 15) is 9.59 Å². The van der Waals surface area contributed by atoms with E-state index in [1.165, 1.54) is 0 Å². The Labute approximate surface area is 176 Å². The minimum atomic E-state index is -0.215. The Kier molecular flexibility index (Phi) is 6.59. The smallest absolute Gasteiger partial charge is 0.251 e. The van der Waals surface area contributed by atoms with Gasteiger partial charge >= 0.3 is 0 Å². The Morgan fingerprint density at radius 3 is 2.80 bits per heavy atom. The number of benzene rings is 1. The van der Waals surface area contributed by atoms with Crippen LogP contribution in [0, 0.1) is 5.92 Å². The molecule has 3 heterocycles.